The molecule has 28 heavy (non-hydrogen) atoms. The molecule has 2 aliphatic heterocycles. The highest BCUT2D eigenvalue weighted by atomic mass is 35.5. The summed E-state index contributed by atoms with van der Waals surface area (Å²) in [6.45, 7) is 5.89. The van der Waals surface area contributed by atoms with Crippen molar-refractivity contribution >= 4 is 29.1 Å². The molecule has 0 aromatic heterocycles. The minimum Gasteiger partial charge on any atom is -0.342 e. The Balaban J connectivity index is 1.49. The first-order chi connectivity index (χ1) is 13.5. The molecule has 1 saturated carbocycles. The van der Waals surface area contributed by atoms with Gasteiger partial charge in [-0.1, -0.05) is 49.0 Å². The number of piperidine rings is 1. The van der Waals surface area contributed by atoms with E-state index in [9.17, 15) is 4.79 Å². The molecule has 1 N–H and O–H groups in total. The number of carbonyl (C=O) groups is 1. The minimum atomic E-state index is -0.278. The van der Waals surface area contributed by atoms with Crippen LogP contribution in [-0.4, -0.2) is 53.6 Å². The lowest BCUT2D eigenvalue weighted by atomic mass is 9.77. The van der Waals surface area contributed by atoms with Gasteiger partial charge in [0.25, 0.3) is 0 Å². The van der Waals surface area contributed by atoms with Gasteiger partial charge in [0.15, 0.2) is 0 Å². The molecule has 6 heteroatoms. The van der Waals surface area contributed by atoms with E-state index in [0.717, 1.165) is 38.9 Å². The van der Waals surface area contributed by atoms with Crippen LogP contribution in [0.2, 0.25) is 10.0 Å². The Hall–Kier alpha value is -0.810. The predicted octanol–water partition coefficient (Wildman–Crippen LogP) is 4.65. The smallest absolute Gasteiger partial charge is 0.241 e. The van der Waals surface area contributed by atoms with Gasteiger partial charge in [-0.3, -0.25) is 14.6 Å². The monoisotopic (exact) mass is 423 g/mol. The van der Waals surface area contributed by atoms with E-state index in [-0.39, 0.29) is 11.4 Å². The third-order valence-corrected chi connectivity index (χ3v) is 7.89. The van der Waals surface area contributed by atoms with Crippen LogP contribution in [-0.2, 0) is 4.79 Å². The average molecular weight is 424 g/mol. The van der Waals surface area contributed by atoms with Crippen molar-refractivity contribution in [2.45, 2.75) is 69.4 Å². The molecule has 3 aliphatic rings. The molecule has 4 nitrogen and oxygen atoms in total. The molecule has 154 valence electrons. The van der Waals surface area contributed by atoms with Gasteiger partial charge in [0.2, 0.25) is 5.91 Å². The van der Waals surface area contributed by atoms with Gasteiger partial charge in [-0.05, 0) is 55.7 Å². The van der Waals surface area contributed by atoms with Crippen molar-refractivity contribution in [3.05, 3.63) is 33.8 Å². The number of hydrogen-bond donors (Lipinski definition) is 1. The van der Waals surface area contributed by atoms with Gasteiger partial charge in [-0.25, -0.2) is 0 Å². The fourth-order valence-corrected chi connectivity index (χ4v) is 5.95. The molecule has 1 aromatic rings. The van der Waals surface area contributed by atoms with Crippen molar-refractivity contribution in [3.8, 4) is 0 Å². The van der Waals surface area contributed by atoms with Crippen LogP contribution in [0.4, 0.5) is 0 Å². The van der Waals surface area contributed by atoms with E-state index in [4.69, 9.17) is 23.2 Å². The first-order valence-electron chi connectivity index (χ1n) is 10.8. The number of hydrogen-bond acceptors (Lipinski definition) is 3. The number of nitrogens with one attached hydrogen (secondary N) is 1. The number of nitrogens with zero attached hydrogens (tertiary/aromatic N) is 2. The van der Waals surface area contributed by atoms with Crippen LogP contribution in [0.5, 0.6) is 0 Å². The zero-order chi connectivity index (χ0) is 19.7. The highest BCUT2D eigenvalue weighted by Crippen LogP contribution is 2.41. The average Bonchev–Trinajstić information content (AvgIpc) is 3.01. The van der Waals surface area contributed by atoms with Crippen molar-refractivity contribution < 1.29 is 4.79 Å². The highest BCUT2D eigenvalue weighted by Gasteiger charge is 2.50. The molecule has 1 aromatic carbocycles. The fraction of sp³-hybridized carbons (Fsp3) is 0.682. The van der Waals surface area contributed by atoms with E-state index < -0.39 is 0 Å². The van der Waals surface area contributed by atoms with E-state index in [1.54, 1.807) is 0 Å². The van der Waals surface area contributed by atoms with Gasteiger partial charge in [-0.2, -0.15) is 0 Å². The minimum absolute atomic E-state index is 0.241. The number of rotatable bonds is 4. The van der Waals surface area contributed by atoms with Crippen LogP contribution in [0.25, 0.3) is 0 Å². The van der Waals surface area contributed by atoms with Crippen LogP contribution in [0.15, 0.2) is 18.2 Å². The molecule has 3 fully saturated rings. The molecule has 0 bridgehead atoms. The molecular formula is C22H31Cl2N3O. The molecule has 2 heterocycles. The van der Waals surface area contributed by atoms with Crippen LogP contribution in [0.3, 0.4) is 0 Å². The number of halogens is 2. The summed E-state index contributed by atoms with van der Waals surface area (Å²) in [5.74, 6) is 0.743. The largest absolute Gasteiger partial charge is 0.342 e. The Morgan fingerprint density at radius 3 is 2.61 bits per heavy atom. The zero-order valence-electron chi connectivity index (χ0n) is 16.7. The lowest BCUT2D eigenvalue weighted by molar-refractivity contribution is -0.129. The predicted molar refractivity (Wildman–Crippen MR) is 115 cm³/mol. The normalized spacial score (nSPS) is 28.6. The number of carbonyl (C=O) groups excluding carboxylic acids is 1. The maximum Gasteiger partial charge on any atom is 0.241 e. The quantitative estimate of drug-likeness (QED) is 0.764. The standard InChI is InChI=1S/C22H31Cl2N3O/c1-2-11-27-15-25-21(28)22(27)9-12-26(13-10-22)20-6-4-3-5-17(20)16-7-8-18(23)19(24)14-16/h7-8,14,17,20H,2-6,9-13,15H2,1H3,(H,25,28). The Bertz CT molecular complexity index is 718. The van der Waals surface area contributed by atoms with Crippen LogP contribution < -0.4 is 5.32 Å². The SMILES string of the molecule is CCCN1CNC(=O)C12CCN(C1CCCCC1c1ccc(Cl)c(Cl)c1)CC2. The molecule has 1 spiro atoms. The van der Waals surface area contributed by atoms with E-state index in [2.05, 4.69) is 34.2 Å². The van der Waals surface area contributed by atoms with Gasteiger partial charge in [-0.15, -0.1) is 0 Å². The molecule has 0 radical (unpaired) electrons. The van der Waals surface area contributed by atoms with E-state index in [0.29, 0.717) is 28.7 Å². The summed E-state index contributed by atoms with van der Waals surface area (Å²) < 4.78 is 0. The molecular weight excluding hydrogens is 393 g/mol. The van der Waals surface area contributed by atoms with Crippen molar-refractivity contribution in [1.82, 2.24) is 15.1 Å². The van der Waals surface area contributed by atoms with Gasteiger partial charge in [0.1, 0.15) is 5.54 Å². The van der Waals surface area contributed by atoms with Gasteiger partial charge < -0.3 is 5.32 Å². The van der Waals surface area contributed by atoms with Gasteiger partial charge in [0, 0.05) is 25.7 Å². The van der Waals surface area contributed by atoms with E-state index >= 15 is 0 Å². The lowest BCUT2D eigenvalue weighted by Crippen LogP contribution is -2.58. The summed E-state index contributed by atoms with van der Waals surface area (Å²) in [5, 5.41) is 4.37. The second kappa shape index (κ2) is 8.51. The Morgan fingerprint density at radius 2 is 1.89 bits per heavy atom. The Labute approximate surface area is 178 Å². The second-order valence-electron chi connectivity index (χ2n) is 8.63. The molecule has 2 saturated heterocycles. The summed E-state index contributed by atoms with van der Waals surface area (Å²) in [6, 6.07) is 6.68. The Morgan fingerprint density at radius 1 is 1.14 bits per heavy atom. The summed E-state index contributed by atoms with van der Waals surface area (Å²) in [7, 11) is 0. The third-order valence-electron chi connectivity index (χ3n) is 7.15. The zero-order valence-corrected chi connectivity index (χ0v) is 18.2. The molecule has 1 amide bonds. The number of likely N-dealkylation sites (tertiary alicyclic amines) is 1. The van der Waals surface area contributed by atoms with Gasteiger partial charge in [0.05, 0.1) is 16.7 Å². The summed E-state index contributed by atoms with van der Waals surface area (Å²) in [5.41, 5.74) is 1.03. The number of amides is 1. The molecule has 2 atom stereocenters. The first kappa shape index (κ1) is 20.5. The molecule has 1 aliphatic carbocycles. The maximum atomic E-state index is 12.7. The van der Waals surface area contributed by atoms with Crippen molar-refractivity contribution in [2.75, 3.05) is 26.3 Å². The molecule has 4 rings (SSSR count). The lowest BCUT2D eigenvalue weighted by Gasteiger charge is -2.47. The summed E-state index contributed by atoms with van der Waals surface area (Å²) >= 11 is 12.5. The van der Waals surface area contributed by atoms with Crippen LogP contribution in [0, 0.1) is 0 Å². The maximum absolute atomic E-state index is 12.7. The van der Waals surface area contributed by atoms with Crippen molar-refractivity contribution in [1.29, 1.82) is 0 Å². The van der Waals surface area contributed by atoms with Crippen LogP contribution in [0.1, 0.15) is 63.4 Å². The summed E-state index contributed by atoms with van der Waals surface area (Å²) in [6.07, 6.45) is 7.93. The topological polar surface area (TPSA) is 35.6 Å². The highest BCUT2D eigenvalue weighted by molar-refractivity contribution is 6.42. The van der Waals surface area contributed by atoms with E-state index in [1.807, 2.05) is 6.07 Å². The van der Waals surface area contributed by atoms with Gasteiger partial charge >= 0.3 is 0 Å². The number of benzene rings is 1. The van der Waals surface area contributed by atoms with Crippen LogP contribution >= 0.6 is 23.2 Å². The first-order valence-corrected chi connectivity index (χ1v) is 11.5. The molecule has 2 unspecified atom stereocenters. The fourth-order valence-electron chi connectivity index (χ4n) is 5.64. The van der Waals surface area contributed by atoms with Crippen molar-refractivity contribution in [2.24, 2.45) is 0 Å². The second-order valence-corrected chi connectivity index (χ2v) is 9.44. The van der Waals surface area contributed by atoms with Crippen molar-refractivity contribution in [3.63, 3.8) is 0 Å². The third kappa shape index (κ3) is 3.69. The van der Waals surface area contributed by atoms with E-state index in [1.165, 1.54) is 31.2 Å². The summed E-state index contributed by atoms with van der Waals surface area (Å²) in [4.78, 5) is 17.7. The Kier molecular flexibility index (Phi) is 6.22.